The summed E-state index contributed by atoms with van der Waals surface area (Å²) in [4.78, 5) is 25.8. The number of ether oxygens (including phenoxy) is 3. The van der Waals surface area contributed by atoms with Gasteiger partial charge in [0.2, 0.25) is 5.78 Å². The molecule has 25 heavy (non-hydrogen) atoms. The first-order valence-corrected chi connectivity index (χ1v) is 8.12. The lowest BCUT2D eigenvalue weighted by molar-refractivity contribution is -0.188. The molecule has 0 amide bonds. The van der Waals surface area contributed by atoms with Crippen LogP contribution in [0.1, 0.15) is 29.8 Å². The van der Waals surface area contributed by atoms with Crippen LogP contribution in [-0.2, 0) is 20.1 Å². The van der Waals surface area contributed by atoms with Crippen LogP contribution < -0.4 is 4.74 Å². The quantitative estimate of drug-likeness (QED) is 0.618. The molecule has 5 nitrogen and oxygen atoms in total. The van der Waals surface area contributed by atoms with Crippen molar-refractivity contribution in [3.8, 4) is 5.75 Å². The topological polar surface area (TPSA) is 61.8 Å². The Morgan fingerprint density at radius 3 is 2.00 bits per heavy atom. The van der Waals surface area contributed by atoms with Crippen molar-refractivity contribution in [1.29, 1.82) is 0 Å². The Morgan fingerprint density at radius 1 is 0.920 bits per heavy atom. The van der Waals surface area contributed by atoms with Crippen molar-refractivity contribution in [3.05, 3.63) is 65.7 Å². The van der Waals surface area contributed by atoms with Crippen LogP contribution in [0.2, 0.25) is 0 Å². The zero-order valence-corrected chi connectivity index (χ0v) is 14.4. The third-order valence-electron chi connectivity index (χ3n) is 4.38. The summed E-state index contributed by atoms with van der Waals surface area (Å²) in [6.45, 7) is 3.63. The fourth-order valence-electron chi connectivity index (χ4n) is 2.80. The molecule has 3 rings (SSSR count). The minimum atomic E-state index is -1.74. The Hall–Kier alpha value is -2.50. The van der Waals surface area contributed by atoms with Crippen molar-refractivity contribution >= 4 is 11.6 Å². The SMILES string of the molecule is COc1ccc(C2(C(=O)C(=O)c3ccccc3)OC(C)C(C)O2)cc1. The van der Waals surface area contributed by atoms with E-state index < -0.39 is 17.4 Å². The van der Waals surface area contributed by atoms with Gasteiger partial charge in [-0.1, -0.05) is 30.3 Å². The van der Waals surface area contributed by atoms with Crippen molar-refractivity contribution in [2.45, 2.75) is 31.8 Å². The smallest absolute Gasteiger partial charge is 0.267 e. The van der Waals surface area contributed by atoms with Crippen LogP contribution in [0.5, 0.6) is 5.75 Å². The molecule has 1 aliphatic heterocycles. The Labute approximate surface area is 146 Å². The van der Waals surface area contributed by atoms with Crippen LogP contribution in [0.4, 0.5) is 0 Å². The number of carbonyl (C=O) groups excluding carboxylic acids is 2. The summed E-state index contributed by atoms with van der Waals surface area (Å²) in [7, 11) is 1.56. The maximum atomic E-state index is 13.1. The van der Waals surface area contributed by atoms with Crippen LogP contribution in [0.25, 0.3) is 0 Å². The average molecular weight is 340 g/mol. The number of hydrogen-bond donors (Lipinski definition) is 0. The summed E-state index contributed by atoms with van der Waals surface area (Å²) in [5, 5.41) is 0. The van der Waals surface area contributed by atoms with Crippen molar-refractivity contribution in [1.82, 2.24) is 0 Å². The second-order valence-electron chi connectivity index (χ2n) is 6.02. The molecule has 2 aromatic rings. The molecule has 2 unspecified atom stereocenters. The second-order valence-corrected chi connectivity index (χ2v) is 6.02. The van der Waals surface area contributed by atoms with E-state index in [0.717, 1.165) is 0 Å². The summed E-state index contributed by atoms with van der Waals surface area (Å²) < 4.78 is 16.9. The second kappa shape index (κ2) is 6.78. The van der Waals surface area contributed by atoms with E-state index in [-0.39, 0.29) is 12.2 Å². The predicted octanol–water partition coefficient (Wildman–Crippen LogP) is 3.12. The largest absolute Gasteiger partial charge is 0.497 e. The maximum absolute atomic E-state index is 13.1. The van der Waals surface area contributed by atoms with Gasteiger partial charge < -0.3 is 14.2 Å². The zero-order valence-electron chi connectivity index (χ0n) is 14.4. The normalized spacial score (nSPS) is 25.6. The van der Waals surface area contributed by atoms with E-state index in [2.05, 4.69) is 0 Å². The fraction of sp³-hybridized carbons (Fsp3) is 0.300. The fourth-order valence-corrected chi connectivity index (χ4v) is 2.80. The molecular weight excluding hydrogens is 320 g/mol. The summed E-state index contributed by atoms with van der Waals surface area (Å²) in [6, 6.07) is 15.2. The van der Waals surface area contributed by atoms with Gasteiger partial charge in [-0.15, -0.1) is 0 Å². The molecule has 0 aromatic heterocycles. The minimum Gasteiger partial charge on any atom is -0.497 e. The molecule has 0 spiro atoms. The van der Waals surface area contributed by atoms with E-state index in [4.69, 9.17) is 14.2 Å². The number of Topliss-reactive ketones (excluding diaryl/α,β-unsaturated/α-hetero) is 2. The van der Waals surface area contributed by atoms with E-state index >= 15 is 0 Å². The highest BCUT2D eigenvalue weighted by Gasteiger charge is 2.54. The van der Waals surface area contributed by atoms with Gasteiger partial charge in [0.1, 0.15) is 5.75 Å². The number of hydrogen-bond acceptors (Lipinski definition) is 5. The van der Waals surface area contributed by atoms with Gasteiger partial charge in [0.25, 0.3) is 11.6 Å². The van der Waals surface area contributed by atoms with Crippen LogP contribution in [-0.4, -0.2) is 30.9 Å². The molecule has 2 aromatic carbocycles. The molecule has 0 aliphatic carbocycles. The average Bonchev–Trinajstić information content (AvgIpc) is 2.97. The molecule has 1 heterocycles. The van der Waals surface area contributed by atoms with Crippen molar-refractivity contribution in [2.24, 2.45) is 0 Å². The van der Waals surface area contributed by atoms with Crippen LogP contribution in [0, 0.1) is 0 Å². The summed E-state index contributed by atoms with van der Waals surface area (Å²) >= 11 is 0. The zero-order chi connectivity index (χ0) is 18.0. The van der Waals surface area contributed by atoms with Crippen LogP contribution in [0.15, 0.2) is 54.6 Å². The predicted molar refractivity (Wildman–Crippen MR) is 91.5 cm³/mol. The third-order valence-corrected chi connectivity index (χ3v) is 4.38. The molecule has 0 radical (unpaired) electrons. The third kappa shape index (κ3) is 3.08. The number of carbonyl (C=O) groups is 2. The Bertz CT molecular complexity index is 756. The highest BCUT2D eigenvalue weighted by molar-refractivity contribution is 6.45. The molecule has 0 bridgehead atoms. The van der Waals surface area contributed by atoms with E-state index in [1.807, 2.05) is 13.8 Å². The lowest BCUT2D eigenvalue weighted by Gasteiger charge is -2.26. The molecule has 2 atom stereocenters. The van der Waals surface area contributed by atoms with Crippen LogP contribution >= 0.6 is 0 Å². The lowest BCUT2D eigenvalue weighted by atomic mass is 9.95. The van der Waals surface area contributed by atoms with E-state index in [1.165, 1.54) is 0 Å². The van der Waals surface area contributed by atoms with Gasteiger partial charge in [-0.3, -0.25) is 9.59 Å². The van der Waals surface area contributed by atoms with E-state index in [1.54, 1.807) is 61.7 Å². The van der Waals surface area contributed by atoms with Crippen LogP contribution in [0.3, 0.4) is 0 Å². The minimum absolute atomic E-state index is 0.305. The summed E-state index contributed by atoms with van der Waals surface area (Å²) in [5.74, 6) is -2.48. The molecule has 1 saturated heterocycles. The summed E-state index contributed by atoms with van der Waals surface area (Å²) in [6.07, 6.45) is -0.649. The Balaban J connectivity index is 2.03. The van der Waals surface area contributed by atoms with Crippen molar-refractivity contribution in [2.75, 3.05) is 7.11 Å². The monoisotopic (exact) mass is 340 g/mol. The van der Waals surface area contributed by atoms with E-state index in [0.29, 0.717) is 16.9 Å². The number of rotatable bonds is 5. The van der Waals surface area contributed by atoms with Gasteiger partial charge in [-0.05, 0) is 38.1 Å². The highest BCUT2D eigenvalue weighted by Crippen LogP contribution is 2.39. The van der Waals surface area contributed by atoms with Crippen molar-refractivity contribution in [3.63, 3.8) is 0 Å². The molecule has 130 valence electrons. The molecule has 1 fully saturated rings. The molecule has 0 saturated carbocycles. The maximum Gasteiger partial charge on any atom is 0.267 e. The standard InChI is InChI=1S/C20H20O5/c1-13-14(2)25-20(24-13,16-9-11-17(23-3)12-10-16)19(22)18(21)15-7-5-4-6-8-15/h4-14H,1-3H3. The Kier molecular flexibility index (Phi) is 4.70. The number of methoxy groups -OCH3 is 1. The van der Waals surface area contributed by atoms with Gasteiger partial charge in [0, 0.05) is 11.1 Å². The number of benzene rings is 2. The van der Waals surface area contributed by atoms with Gasteiger partial charge in [0.15, 0.2) is 0 Å². The summed E-state index contributed by atoms with van der Waals surface area (Å²) in [5.41, 5.74) is 0.776. The van der Waals surface area contributed by atoms with Gasteiger partial charge >= 0.3 is 0 Å². The highest BCUT2D eigenvalue weighted by atomic mass is 16.8. The molecular formula is C20H20O5. The van der Waals surface area contributed by atoms with E-state index in [9.17, 15) is 9.59 Å². The molecule has 1 aliphatic rings. The first-order valence-electron chi connectivity index (χ1n) is 8.12. The lowest BCUT2D eigenvalue weighted by Crippen LogP contribution is -2.42. The van der Waals surface area contributed by atoms with Crippen molar-refractivity contribution < 1.29 is 23.8 Å². The first-order chi connectivity index (χ1) is 12.0. The first kappa shape index (κ1) is 17.3. The Morgan fingerprint density at radius 2 is 1.48 bits per heavy atom. The molecule has 0 N–H and O–H groups in total. The number of ketones is 2. The van der Waals surface area contributed by atoms with Gasteiger partial charge in [-0.2, -0.15) is 0 Å². The molecule has 5 heteroatoms. The van der Waals surface area contributed by atoms with Gasteiger partial charge in [-0.25, -0.2) is 0 Å². The van der Waals surface area contributed by atoms with Gasteiger partial charge in [0.05, 0.1) is 19.3 Å².